The molecular formula is C46H61N7O15. The van der Waals surface area contributed by atoms with Gasteiger partial charge in [-0.2, -0.15) is 0 Å². The molecule has 0 spiro atoms. The smallest absolute Gasteiger partial charge is 0.326 e. The molecule has 68 heavy (non-hydrogen) atoms. The molecule has 0 unspecified atom stereocenters. The Kier molecular flexibility index (Phi) is 20.6. The number of benzene rings is 3. The molecule has 3 aromatic rings. The maximum absolute atomic E-state index is 14.0. The molecule has 10 atom stereocenters. The predicted molar refractivity (Wildman–Crippen MR) is 241 cm³/mol. The van der Waals surface area contributed by atoms with Gasteiger partial charge in [-0.3, -0.25) is 28.8 Å². The zero-order valence-corrected chi connectivity index (χ0v) is 37.7. The number of nitrogens with two attached hydrogens (primary N) is 1. The lowest BCUT2D eigenvalue weighted by molar-refractivity contribution is -0.271. The van der Waals surface area contributed by atoms with Crippen LogP contribution >= 0.6 is 0 Å². The SMILES string of the molecule is CC(=O)N[C@H]1[C@H](OC[C@@H](NC(=O)[C@@H](N)Cc2ccc(O)cc2)C(=O)NCC(=O)N[C@@H](Cc2ccccc2)C(=O)N[C@@H](CC(C)C)C(=O)N[C@@H](Cc2ccc(O)cc2)C(=O)O)O[C@H](CO)[C@@H](O)[C@@H]1O. The number of hydrogen-bond acceptors (Lipinski definition) is 15. The number of aromatic hydroxyl groups is 2. The van der Waals surface area contributed by atoms with Crippen LogP contribution in [0.2, 0.25) is 0 Å². The van der Waals surface area contributed by atoms with Crippen molar-refractivity contribution >= 4 is 41.4 Å². The van der Waals surface area contributed by atoms with Gasteiger partial charge in [0.1, 0.15) is 60.0 Å². The lowest BCUT2D eigenvalue weighted by Crippen LogP contribution is -2.65. The fourth-order valence-electron chi connectivity index (χ4n) is 7.15. The molecule has 4 rings (SSSR count). The summed E-state index contributed by atoms with van der Waals surface area (Å²) in [6.07, 6.45) is -6.47. The third-order valence-corrected chi connectivity index (χ3v) is 10.7. The number of carbonyl (C=O) groups is 7. The standard InChI is InChI=1S/C46H61N7O15/c1-24(2)17-32(43(63)52-34(45(65)66)20-28-11-15-30(57)16-12-28)51-44(64)33(19-26-7-5-4-6-8-26)50-37(58)21-48-42(62)35(53-41(61)31(47)18-27-9-13-29(56)14-10-27)23-67-46-38(49-25(3)55)40(60)39(59)36(22-54)68-46/h4-16,24,31-36,38-40,46,54,56-57,59-60H,17-23,47H2,1-3H3,(H,48,62)(H,49,55)(H,50,58)(H,51,64)(H,52,63)(H,53,61)(H,65,66)/t31-,32-,33-,34-,35+,36+,38+,39+,40+,46+/m0/s1. The molecule has 0 saturated carbocycles. The molecular weight excluding hydrogens is 891 g/mol. The van der Waals surface area contributed by atoms with Crippen molar-refractivity contribution < 1.29 is 73.7 Å². The lowest BCUT2D eigenvalue weighted by Gasteiger charge is -2.42. The summed E-state index contributed by atoms with van der Waals surface area (Å²) in [6, 6.07) is 11.9. The minimum Gasteiger partial charge on any atom is -0.508 e. The van der Waals surface area contributed by atoms with E-state index in [1.54, 1.807) is 44.2 Å². The molecule has 1 fully saturated rings. The largest absolute Gasteiger partial charge is 0.508 e. The van der Waals surface area contributed by atoms with Crippen LogP contribution in [0.25, 0.3) is 0 Å². The fraction of sp³-hybridized carbons (Fsp3) is 0.457. The van der Waals surface area contributed by atoms with Gasteiger partial charge in [-0.25, -0.2) is 4.79 Å². The van der Waals surface area contributed by atoms with Gasteiger partial charge in [0.25, 0.3) is 0 Å². The fourth-order valence-corrected chi connectivity index (χ4v) is 7.15. The average Bonchev–Trinajstić information content (AvgIpc) is 3.29. The summed E-state index contributed by atoms with van der Waals surface area (Å²) in [5.41, 5.74) is 7.86. The van der Waals surface area contributed by atoms with Crippen LogP contribution in [0.1, 0.15) is 43.9 Å². The Morgan fingerprint density at radius 3 is 1.76 bits per heavy atom. The zero-order chi connectivity index (χ0) is 50.1. The molecule has 1 aliphatic heterocycles. The van der Waals surface area contributed by atoms with Crippen LogP contribution < -0.4 is 37.6 Å². The summed E-state index contributed by atoms with van der Waals surface area (Å²) in [4.78, 5) is 92.6. The Balaban J connectivity index is 1.51. The second-order valence-electron chi connectivity index (χ2n) is 16.8. The quantitative estimate of drug-likeness (QED) is 0.0445. The van der Waals surface area contributed by atoms with E-state index in [0.717, 1.165) is 6.92 Å². The second-order valence-corrected chi connectivity index (χ2v) is 16.8. The number of rotatable bonds is 24. The van der Waals surface area contributed by atoms with E-state index in [0.29, 0.717) is 16.7 Å². The highest BCUT2D eigenvalue weighted by Gasteiger charge is 2.46. The first-order valence-corrected chi connectivity index (χ1v) is 21.8. The van der Waals surface area contributed by atoms with Gasteiger partial charge >= 0.3 is 5.97 Å². The molecule has 370 valence electrons. The molecule has 1 saturated heterocycles. The third-order valence-electron chi connectivity index (χ3n) is 10.7. The Morgan fingerprint density at radius 1 is 0.676 bits per heavy atom. The maximum atomic E-state index is 14.0. The van der Waals surface area contributed by atoms with Gasteiger partial charge in [0, 0.05) is 19.8 Å². The number of carboxylic acids is 1. The molecule has 0 bridgehead atoms. The molecule has 0 radical (unpaired) electrons. The van der Waals surface area contributed by atoms with Crippen molar-refractivity contribution in [1.82, 2.24) is 31.9 Å². The van der Waals surface area contributed by atoms with E-state index < -0.39 is 122 Å². The number of amides is 6. The molecule has 1 aliphatic rings. The van der Waals surface area contributed by atoms with Gasteiger partial charge in [0.15, 0.2) is 6.29 Å². The van der Waals surface area contributed by atoms with Gasteiger partial charge < -0.3 is 77.7 Å². The number of aliphatic hydroxyl groups is 3. The van der Waals surface area contributed by atoms with Crippen molar-refractivity contribution in [2.45, 2.75) is 107 Å². The van der Waals surface area contributed by atoms with Crippen LogP contribution in [0, 0.1) is 5.92 Å². The summed E-state index contributed by atoms with van der Waals surface area (Å²) in [5.74, 6) is -6.57. The topological polar surface area (TPSA) is 358 Å². The maximum Gasteiger partial charge on any atom is 0.326 e. The highest BCUT2D eigenvalue weighted by Crippen LogP contribution is 2.23. The summed E-state index contributed by atoms with van der Waals surface area (Å²) in [7, 11) is 0. The molecule has 14 N–H and O–H groups in total. The molecule has 6 amide bonds. The summed E-state index contributed by atoms with van der Waals surface area (Å²) in [5, 5.41) is 75.1. The minimum atomic E-state index is -1.70. The van der Waals surface area contributed by atoms with Crippen molar-refractivity contribution in [3.63, 3.8) is 0 Å². The monoisotopic (exact) mass is 951 g/mol. The van der Waals surface area contributed by atoms with Crippen LogP contribution in [0.5, 0.6) is 11.5 Å². The summed E-state index contributed by atoms with van der Waals surface area (Å²) < 4.78 is 11.4. The van der Waals surface area contributed by atoms with Crippen LogP contribution in [0.4, 0.5) is 0 Å². The number of ether oxygens (including phenoxy) is 2. The number of aliphatic carboxylic acids is 1. The normalized spacial score (nSPS) is 20.1. The van der Waals surface area contributed by atoms with Crippen molar-refractivity contribution in [3.05, 3.63) is 95.6 Å². The lowest BCUT2D eigenvalue weighted by atomic mass is 9.97. The van der Waals surface area contributed by atoms with E-state index in [1.165, 1.54) is 48.5 Å². The van der Waals surface area contributed by atoms with E-state index in [1.807, 2.05) is 0 Å². The number of carbonyl (C=O) groups excluding carboxylic acids is 6. The van der Waals surface area contributed by atoms with E-state index in [-0.39, 0.29) is 43.1 Å². The van der Waals surface area contributed by atoms with Crippen molar-refractivity contribution in [2.24, 2.45) is 11.7 Å². The van der Waals surface area contributed by atoms with Gasteiger partial charge in [-0.1, -0.05) is 68.4 Å². The number of phenolic OH excluding ortho intramolecular Hbond substituents is 2. The molecule has 0 aliphatic carbocycles. The van der Waals surface area contributed by atoms with Crippen LogP contribution in [0.3, 0.4) is 0 Å². The van der Waals surface area contributed by atoms with E-state index >= 15 is 0 Å². The predicted octanol–water partition coefficient (Wildman–Crippen LogP) is -2.40. The van der Waals surface area contributed by atoms with Crippen molar-refractivity contribution in [3.8, 4) is 11.5 Å². The van der Waals surface area contributed by atoms with Gasteiger partial charge in [-0.05, 0) is 59.7 Å². The van der Waals surface area contributed by atoms with Crippen LogP contribution in [-0.4, -0.2) is 153 Å². The van der Waals surface area contributed by atoms with E-state index in [4.69, 9.17) is 15.2 Å². The number of nitrogens with one attached hydrogen (secondary N) is 6. The van der Waals surface area contributed by atoms with E-state index in [2.05, 4.69) is 31.9 Å². The first-order valence-electron chi connectivity index (χ1n) is 21.8. The second kappa shape index (κ2) is 26.0. The summed E-state index contributed by atoms with van der Waals surface area (Å²) >= 11 is 0. The molecule has 22 heteroatoms. The highest BCUT2D eigenvalue weighted by molar-refractivity contribution is 5.95. The Morgan fingerprint density at radius 2 is 1.21 bits per heavy atom. The number of aliphatic hydroxyl groups excluding tert-OH is 3. The van der Waals surface area contributed by atoms with Crippen molar-refractivity contribution in [2.75, 3.05) is 19.8 Å². The van der Waals surface area contributed by atoms with Gasteiger partial charge in [0.05, 0.1) is 25.8 Å². The first kappa shape index (κ1) is 53.9. The number of phenols is 2. The molecule has 22 nitrogen and oxygen atoms in total. The minimum absolute atomic E-state index is 0.0204. The number of carboxylic acid groups (broad SMARTS) is 1. The zero-order valence-electron chi connectivity index (χ0n) is 37.7. The molecule has 1 heterocycles. The van der Waals surface area contributed by atoms with Gasteiger partial charge in [-0.15, -0.1) is 0 Å². The van der Waals surface area contributed by atoms with Crippen LogP contribution in [0.15, 0.2) is 78.9 Å². The molecule has 0 aromatic heterocycles. The van der Waals surface area contributed by atoms with Crippen molar-refractivity contribution in [1.29, 1.82) is 0 Å². The summed E-state index contributed by atoms with van der Waals surface area (Å²) in [6.45, 7) is 2.42. The van der Waals surface area contributed by atoms with Gasteiger partial charge in [0.2, 0.25) is 35.4 Å². The average molecular weight is 952 g/mol. The molecule has 3 aromatic carbocycles. The van der Waals surface area contributed by atoms with E-state index in [9.17, 15) is 64.2 Å². The highest BCUT2D eigenvalue weighted by atomic mass is 16.7. The Bertz CT molecular complexity index is 2160. The first-order chi connectivity index (χ1) is 32.2. The van der Waals surface area contributed by atoms with Crippen LogP contribution in [-0.2, 0) is 62.3 Å². The third kappa shape index (κ3) is 16.9. The Hall–Kier alpha value is -6.69. The Labute approximate surface area is 392 Å². The number of hydrogen-bond donors (Lipinski definition) is 13.